The molecule has 0 spiro atoms. The zero-order chi connectivity index (χ0) is 20.5. The average Bonchev–Trinajstić information content (AvgIpc) is 2.72. The number of anilines is 2. The van der Waals surface area contributed by atoms with Crippen LogP contribution in [0.25, 0.3) is 5.57 Å². The topological polar surface area (TPSA) is 70.2 Å². The van der Waals surface area contributed by atoms with Crippen LogP contribution in [0.3, 0.4) is 0 Å². The van der Waals surface area contributed by atoms with Gasteiger partial charge in [-0.1, -0.05) is 19.1 Å². The molecule has 1 aromatic carbocycles. The average molecular weight is 392 g/mol. The maximum atomic E-state index is 12.5. The van der Waals surface area contributed by atoms with Crippen molar-refractivity contribution in [2.75, 3.05) is 23.3 Å². The lowest BCUT2D eigenvalue weighted by atomic mass is 9.81. The number of benzene rings is 1. The van der Waals surface area contributed by atoms with Gasteiger partial charge < -0.3 is 15.5 Å². The number of aromatic nitrogens is 2. The van der Waals surface area contributed by atoms with Crippen molar-refractivity contribution in [2.24, 2.45) is 5.92 Å². The first-order valence-electron chi connectivity index (χ1n) is 10.4. The lowest BCUT2D eigenvalue weighted by Gasteiger charge is -2.44. The van der Waals surface area contributed by atoms with Crippen molar-refractivity contribution in [3.8, 4) is 0 Å². The summed E-state index contributed by atoms with van der Waals surface area (Å²) in [6.07, 6.45) is 5.05. The van der Waals surface area contributed by atoms with E-state index < -0.39 is 0 Å². The summed E-state index contributed by atoms with van der Waals surface area (Å²) in [5, 5.41) is 6.93. The molecular formula is C23H29N5O. The van der Waals surface area contributed by atoms with E-state index in [9.17, 15) is 4.79 Å². The maximum Gasteiger partial charge on any atom is 0.224 e. The molecule has 0 aliphatic carbocycles. The standard InChI is InChI=1S/C23H29N5O/c1-14-7-12-25-23(26-14)27-22-15(2)16(3)28(17(4)29)21-6-5-19(13-20(21)22)18-8-10-24-11-9-18/h5-8,12-13,15-16,22,24H,9-11H2,1-4H3,(H,25,26,27)/t15-,16+,22+/m0/s1. The van der Waals surface area contributed by atoms with E-state index >= 15 is 0 Å². The molecule has 29 heavy (non-hydrogen) atoms. The molecule has 0 bridgehead atoms. The molecule has 152 valence electrons. The highest BCUT2D eigenvalue weighted by Gasteiger charge is 2.38. The van der Waals surface area contributed by atoms with E-state index in [1.165, 1.54) is 11.1 Å². The summed E-state index contributed by atoms with van der Waals surface area (Å²) in [5.74, 6) is 0.903. The molecule has 1 aromatic heterocycles. The third kappa shape index (κ3) is 3.77. The van der Waals surface area contributed by atoms with Crippen molar-refractivity contribution in [1.29, 1.82) is 0 Å². The van der Waals surface area contributed by atoms with Crippen LogP contribution < -0.4 is 15.5 Å². The zero-order valence-electron chi connectivity index (χ0n) is 17.6. The molecule has 3 atom stereocenters. The minimum atomic E-state index is 0.0275. The number of rotatable bonds is 3. The fraction of sp³-hybridized carbons (Fsp3) is 0.435. The molecule has 0 saturated heterocycles. The first kappa shape index (κ1) is 19.6. The van der Waals surface area contributed by atoms with Crippen LogP contribution in [-0.2, 0) is 4.79 Å². The van der Waals surface area contributed by atoms with Gasteiger partial charge in [0.1, 0.15) is 0 Å². The second-order valence-electron chi connectivity index (χ2n) is 8.09. The Morgan fingerprint density at radius 3 is 2.79 bits per heavy atom. The molecule has 0 unspecified atom stereocenters. The van der Waals surface area contributed by atoms with Gasteiger partial charge in [0.2, 0.25) is 11.9 Å². The number of nitrogens with one attached hydrogen (secondary N) is 2. The van der Waals surface area contributed by atoms with Crippen molar-refractivity contribution in [3.05, 3.63) is 53.4 Å². The summed E-state index contributed by atoms with van der Waals surface area (Å²) in [6.45, 7) is 9.81. The summed E-state index contributed by atoms with van der Waals surface area (Å²) in [4.78, 5) is 23.4. The summed E-state index contributed by atoms with van der Waals surface area (Å²) in [7, 11) is 0. The number of fused-ring (bicyclic) bond motifs is 1. The Morgan fingerprint density at radius 2 is 2.10 bits per heavy atom. The van der Waals surface area contributed by atoms with Crippen LogP contribution >= 0.6 is 0 Å². The van der Waals surface area contributed by atoms with Gasteiger partial charge in [-0.3, -0.25) is 4.79 Å². The third-order valence-corrected chi connectivity index (χ3v) is 6.17. The molecular weight excluding hydrogens is 362 g/mol. The Labute approximate surface area is 172 Å². The van der Waals surface area contributed by atoms with Crippen molar-refractivity contribution >= 4 is 23.1 Å². The van der Waals surface area contributed by atoms with Gasteiger partial charge in [-0.15, -0.1) is 0 Å². The van der Waals surface area contributed by atoms with Gasteiger partial charge in [-0.25, -0.2) is 9.97 Å². The number of hydrogen-bond donors (Lipinski definition) is 2. The Kier molecular flexibility index (Phi) is 5.37. The number of aryl methyl sites for hydroxylation is 1. The van der Waals surface area contributed by atoms with Crippen LogP contribution in [0, 0.1) is 12.8 Å². The molecule has 2 aliphatic heterocycles. The number of amides is 1. The number of nitrogens with zero attached hydrogens (tertiary/aromatic N) is 3. The summed E-state index contributed by atoms with van der Waals surface area (Å²) in [5.41, 5.74) is 5.63. The predicted molar refractivity (Wildman–Crippen MR) is 117 cm³/mol. The summed E-state index contributed by atoms with van der Waals surface area (Å²) in [6, 6.07) is 8.49. The second kappa shape index (κ2) is 7.95. The molecule has 4 rings (SSSR count). The molecule has 3 heterocycles. The first-order chi connectivity index (χ1) is 14.0. The molecule has 0 radical (unpaired) electrons. The summed E-state index contributed by atoms with van der Waals surface area (Å²) >= 11 is 0. The predicted octanol–water partition coefficient (Wildman–Crippen LogP) is 3.71. The largest absolute Gasteiger partial charge is 0.347 e. The molecule has 0 fully saturated rings. The fourth-order valence-electron chi connectivity index (χ4n) is 4.45. The molecule has 6 nitrogen and oxygen atoms in total. The Hall–Kier alpha value is -2.73. The Balaban J connectivity index is 1.80. The van der Waals surface area contributed by atoms with Crippen LogP contribution in [0.1, 0.15) is 50.1 Å². The lowest BCUT2D eigenvalue weighted by Crippen LogP contribution is -2.48. The van der Waals surface area contributed by atoms with E-state index in [0.717, 1.165) is 36.5 Å². The van der Waals surface area contributed by atoms with Gasteiger partial charge >= 0.3 is 0 Å². The van der Waals surface area contributed by atoms with Gasteiger partial charge in [-0.2, -0.15) is 0 Å². The molecule has 2 aromatic rings. The SMILES string of the molecule is CC(=O)N1c2ccc(C3=CCNCC3)cc2[C@H](Nc2nccc(C)n2)[C@@H](C)[C@H]1C. The summed E-state index contributed by atoms with van der Waals surface area (Å²) < 4.78 is 0. The van der Waals surface area contributed by atoms with Crippen LogP contribution in [-0.4, -0.2) is 35.0 Å². The highest BCUT2D eigenvalue weighted by Crippen LogP contribution is 2.43. The number of carbonyl (C=O) groups excluding carboxylic acids is 1. The molecule has 0 saturated carbocycles. The van der Waals surface area contributed by atoms with Crippen LogP contribution in [0.2, 0.25) is 0 Å². The van der Waals surface area contributed by atoms with E-state index in [1.54, 1.807) is 13.1 Å². The van der Waals surface area contributed by atoms with Gasteiger partial charge in [0.25, 0.3) is 0 Å². The van der Waals surface area contributed by atoms with Crippen LogP contribution in [0.4, 0.5) is 11.6 Å². The smallest absolute Gasteiger partial charge is 0.224 e. The number of carbonyl (C=O) groups is 1. The number of hydrogen-bond acceptors (Lipinski definition) is 5. The van der Waals surface area contributed by atoms with Gasteiger partial charge in [-0.05, 0) is 61.7 Å². The second-order valence-corrected chi connectivity index (χ2v) is 8.09. The molecule has 1 amide bonds. The highest BCUT2D eigenvalue weighted by atomic mass is 16.2. The van der Waals surface area contributed by atoms with Gasteiger partial charge in [0, 0.05) is 43.0 Å². The fourth-order valence-corrected chi connectivity index (χ4v) is 4.45. The first-order valence-corrected chi connectivity index (χ1v) is 10.4. The van der Waals surface area contributed by atoms with Crippen LogP contribution in [0.15, 0.2) is 36.5 Å². The minimum Gasteiger partial charge on any atom is -0.347 e. The maximum absolute atomic E-state index is 12.5. The quantitative estimate of drug-likeness (QED) is 0.835. The molecule has 6 heteroatoms. The Bertz CT molecular complexity index is 954. The van der Waals surface area contributed by atoms with Gasteiger partial charge in [0.05, 0.1) is 6.04 Å². The van der Waals surface area contributed by atoms with Crippen molar-refractivity contribution in [1.82, 2.24) is 15.3 Å². The van der Waals surface area contributed by atoms with Crippen molar-refractivity contribution in [3.63, 3.8) is 0 Å². The highest BCUT2D eigenvalue weighted by molar-refractivity contribution is 5.94. The molecule has 2 aliphatic rings. The minimum absolute atomic E-state index is 0.0275. The lowest BCUT2D eigenvalue weighted by molar-refractivity contribution is -0.117. The van der Waals surface area contributed by atoms with E-state index in [-0.39, 0.29) is 23.9 Å². The van der Waals surface area contributed by atoms with E-state index in [0.29, 0.717) is 5.95 Å². The monoisotopic (exact) mass is 391 g/mol. The zero-order valence-corrected chi connectivity index (χ0v) is 17.6. The van der Waals surface area contributed by atoms with E-state index in [4.69, 9.17) is 0 Å². The molecule has 2 N–H and O–H groups in total. The van der Waals surface area contributed by atoms with Gasteiger partial charge in [0.15, 0.2) is 0 Å². The Morgan fingerprint density at radius 1 is 1.28 bits per heavy atom. The van der Waals surface area contributed by atoms with Crippen molar-refractivity contribution in [2.45, 2.75) is 46.2 Å². The van der Waals surface area contributed by atoms with E-state index in [2.05, 4.69) is 58.7 Å². The normalized spacial score (nSPS) is 23.9. The van der Waals surface area contributed by atoms with Crippen LogP contribution in [0.5, 0.6) is 0 Å². The van der Waals surface area contributed by atoms with Crippen molar-refractivity contribution < 1.29 is 4.79 Å². The van der Waals surface area contributed by atoms with E-state index in [1.807, 2.05) is 17.9 Å². The third-order valence-electron chi connectivity index (χ3n) is 6.17.